The summed E-state index contributed by atoms with van der Waals surface area (Å²) in [6, 6.07) is 27.4. The number of phenolic OH excluding ortho intramolecular Hbond substituents is 2. The molecule has 0 unspecified atom stereocenters. The second kappa shape index (κ2) is 39.9. The van der Waals surface area contributed by atoms with Crippen molar-refractivity contribution in [3.05, 3.63) is 179 Å². The number of primary amides is 1. The quantitative estimate of drug-likeness (QED) is 0.0122. The Kier molecular flexibility index (Phi) is 30.5. The van der Waals surface area contributed by atoms with Crippen LogP contribution in [0.2, 0.25) is 0 Å². The number of aromatic hydroxyl groups is 2. The minimum atomic E-state index is -1.86. The average molecular weight is 1440 g/mol. The van der Waals surface area contributed by atoms with Gasteiger partial charge in [0.25, 0.3) is 0 Å². The van der Waals surface area contributed by atoms with Gasteiger partial charge in [-0.2, -0.15) is 0 Å². The van der Waals surface area contributed by atoms with E-state index in [4.69, 9.17) is 28.7 Å². The number of carbonyl (C=O) groups excluding carboxylic acids is 11. The third kappa shape index (κ3) is 25.7. The number of aliphatic hydroxyl groups is 1. The van der Waals surface area contributed by atoms with E-state index < -0.39 is 132 Å². The lowest BCUT2D eigenvalue weighted by Crippen LogP contribution is -2.61. The van der Waals surface area contributed by atoms with Gasteiger partial charge in [-0.25, -0.2) is 0 Å². The predicted octanol–water partition coefficient (Wildman–Crippen LogP) is -1.26. The van der Waals surface area contributed by atoms with Crippen LogP contribution in [-0.4, -0.2) is 184 Å². The molecule has 0 saturated carbocycles. The summed E-state index contributed by atoms with van der Waals surface area (Å²) in [6.07, 6.45) is -0.315. The lowest BCUT2D eigenvalue weighted by atomic mass is 9.99. The Morgan fingerprint density at radius 2 is 0.800 bits per heavy atom. The van der Waals surface area contributed by atoms with E-state index in [0.717, 1.165) is 10.8 Å². The van der Waals surface area contributed by atoms with Crippen LogP contribution in [0.25, 0.3) is 10.8 Å². The highest BCUT2D eigenvalue weighted by Gasteiger charge is 2.40. The van der Waals surface area contributed by atoms with Gasteiger partial charge in [-0.05, 0) is 108 Å². The molecule has 1 aliphatic rings. The van der Waals surface area contributed by atoms with E-state index in [-0.39, 0.29) is 107 Å². The molecule has 7 rings (SSSR count). The van der Waals surface area contributed by atoms with Gasteiger partial charge >= 0.3 is 0 Å². The summed E-state index contributed by atoms with van der Waals surface area (Å²) in [5.41, 5.74) is 30.5. The molecule has 0 aromatic heterocycles. The Morgan fingerprint density at radius 1 is 0.438 bits per heavy atom. The zero-order valence-corrected chi connectivity index (χ0v) is 58.4. The summed E-state index contributed by atoms with van der Waals surface area (Å²) in [5.74, 6) is -9.97. The lowest BCUT2D eigenvalue weighted by molar-refractivity contribution is -0.142. The molecule has 6 aromatic carbocycles. The maximum atomic E-state index is 15.0. The fraction of sp³-hybridized carbons (Fsp3) is 0.365. The third-order valence-electron chi connectivity index (χ3n) is 17.4. The second-order valence-corrected chi connectivity index (χ2v) is 25.6. The molecule has 31 heteroatoms. The highest BCUT2D eigenvalue weighted by molar-refractivity contribution is 5.99. The number of hydrogen-bond donors (Lipinski definition) is 17. The number of benzene rings is 6. The summed E-state index contributed by atoms with van der Waals surface area (Å²) in [6.45, 7) is 1.65. The molecule has 0 spiro atoms. The van der Waals surface area contributed by atoms with Crippen molar-refractivity contribution in [2.75, 3.05) is 26.2 Å². The van der Waals surface area contributed by atoms with Crippen molar-refractivity contribution in [2.45, 2.75) is 145 Å². The van der Waals surface area contributed by atoms with Gasteiger partial charge in [0.05, 0.1) is 6.61 Å². The molecule has 0 radical (unpaired) electrons. The average Bonchev–Trinajstić information content (AvgIpc) is 1.82. The first-order valence-corrected chi connectivity index (χ1v) is 34.4. The Morgan fingerprint density at radius 3 is 1.24 bits per heavy atom. The number of phenols is 2. The molecular weight excluding hydrogens is 1350 g/mol. The molecule has 10 atom stereocenters. The topological polar surface area (TPSA) is 515 Å². The maximum Gasteiger partial charge on any atom is 0.245 e. The minimum absolute atomic E-state index is 0.0307. The Labute approximate surface area is 606 Å². The van der Waals surface area contributed by atoms with E-state index in [2.05, 4.69) is 57.8 Å². The number of amides is 11. The molecule has 1 fully saturated rings. The van der Waals surface area contributed by atoms with Gasteiger partial charge in [0.15, 0.2) is 11.9 Å². The minimum Gasteiger partial charge on any atom is -0.508 e. The van der Waals surface area contributed by atoms with Gasteiger partial charge in [0, 0.05) is 58.7 Å². The van der Waals surface area contributed by atoms with Crippen LogP contribution in [0.4, 0.5) is 0 Å². The fourth-order valence-electron chi connectivity index (χ4n) is 11.8. The Balaban J connectivity index is 1.15. The molecule has 1 aliphatic heterocycles. The van der Waals surface area contributed by atoms with Crippen molar-refractivity contribution >= 4 is 87.7 Å². The van der Waals surface area contributed by atoms with E-state index in [9.17, 15) is 63.3 Å². The van der Waals surface area contributed by atoms with Gasteiger partial charge in [-0.15, -0.1) is 0 Å². The number of guanidine groups is 2. The third-order valence-corrected chi connectivity index (χ3v) is 17.4. The molecule has 11 amide bonds. The predicted molar refractivity (Wildman–Crippen MR) is 391 cm³/mol. The van der Waals surface area contributed by atoms with Crippen LogP contribution in [0.15, 0.2) is 162 Å². The van der Waals surface area contributed by atoms with Crippen molar-refractivity contribution in [1.82, 2.24) is 52.8 Å². The summed E-state index contributed by atoms with van der Waals surface area (Å²) >= 11 is 0. The smallest absolute Gasteiger partial charge is 0.245 e. The molecule has 0 aliphatic carbocycles. The van der Waals surface area contributed by atoms with Crippen molar-refractivity contribution in [1.29, 1.82) is 0 Å². The van der Waals surface area contributed by atoms with Gasteiger partial charge in [0.1, 0.15) is 71.9 Å². The zero-order chi connectivity index (χ0) is 76.1. The van der Waals surface area contributed by atoms with E-state index in [1.807, 2.05) is 42.5 Å². The van der Waals surface area contributed by atoms with Crippen molar-refractivity contribution < 1.29 is 68.1 Å². The number of fused-ring (bicyclic) bond motifs is 1. The molecule has 31 nitrogen and oxygen atoms in total. The molecule has 1 saturated heterocycles. The summed E-state index contributed by atoms with van der Waals surface area (Å²) in [5, 5.41) is 57.2. The number of hydrogen-bond acceptors (Lipinski definition) is 16. The highest BCUT2D eigenvalue weighted by atomic mass is 16.3. The fourth-order valence-corrected chi connectivity index (χ4v) is 11.8. The van der Waals surface area contributed by atoms with Crippen LogP contribution in [0.3, 0.4) is 0 Å². The maximum absolute atomic E-state index is 15.0. The second-order valence-electron chi connectivity index (χ2n) is 25.6. The highest BCUT2D eigenvalue weighted by Crippen LogP contribution is 2.22. The number of nitrogens with one attached hydrogen (secondary N) is 9. The molecule has 0 bridgehead atoms. The summed E-state index contributed by atoms with van der Waals surface area (Å²) in [4.78, 5) is 165. The molecule has 6 aromatic rings. The SMILES string of the molecule is CC(=O)N[C@H](Cc1ccc2ccccc2c1)C(=O)N[C@H](Cc1ccccc1)C(=O)N[C@H](Cc1ccc(O)cc1)C(=O)N[C@@H](CO)C(=O)N[C@@H](Cc1ccc(O)cc1)C(=O)N[C@H](CCCN=C(N)N)C(=O)N[C@@H](Cc1ccccc1)C(=O)N[C@@H](CCCN=C(N)N)C(=O)N1CCC[C@H]1C(=O)N[C@H](C)C(N)=O. The first kappa shape index (κ1) is 80.2. The molecular formula is C74H93N17O14. The van der Waals surface area contributed by atoms with Gasteiger partial charge < -0.3 is 96.7 Å². The van der Waals surface area contributed by atoms with Crippen LogP contribution in [-0.2, 0) is 84.8 Å². The van der Waals surface area contributed by atoms with Gasteiger partial charge in [-0.1, -0.05) is 127 Å². The number of likely N-dealkylation sites (tertiary alicyclic amines) is 1. The van der Waals surface area contributed by atoms with E-state index in [1.165, 1.54) is 67.3 Å². The Bertz CT molecular complexity index is 4050. The number of nitrogens with two attached hydrogens (primary N) is 5. The molecule has 558 valence electrons. The monoisotopic (exact) mass is 1440 g/mol. The number of rotatable bonds is 38. The van der Waals surface area contributed by atoms with Crippen LogP contribution >= 0.6 is 0 Å². The molecule has 105 heavy (non-hydrogen) atoms. The van der Waals surface area contributed by atoms with E-state index in [1.54, 1.807) is 60.7 Å². The zero-order valence-electron chi connectivity index (χ0n) is 58.4. The number of carbonyl (C=O) groups is 11. The normalized spacial score (nSPS) is 15.0. The number of nitrogens with zero attached hydrogens (tertiary/aromatic N) is 3. The standard InChI is InChI=1S/C74H93N17O14/c1-43(63(75)96)82-71(104)62-22-13-35-91(62)72(105)55(21-12-34-81-74(78)79)85-67(100)57(37-45-14-5-3-6-15-45)86-64(97)54(20-11-33-80-73(76)77)84-66(99)59(39-47-24-29-52(94)30-25-47)89-70(103)61(42-92)90-69(102)60(40-48-26-31-53(95)32-27-48)88-68(101)58(38-46-16-7-4-8-17-46)87-65(98)56(83-44(2)93)41-49-23-28-50-18-9-10-19-51(50)36-49/h3-10,14-19,23-32,36,43,54-62,92,94-95H,11-13,20-22,33-35,37-42H2,1-2H3,(H2,75,96)(H,82,104)(H,83,93)(H,84,99)(H,85,100)(H,86,97)(H,87,98)(H,88,101)(H,89,103)(H,90,102)(H4,76,77,80)(H4,78,79,81)/t43-,54-,55+,56-,57+,58-,59+,60-,61+,62+/m1/s1. The van der Waals surface area contributed by atoms with Crippen molar-refractivity contribution in [3.8, 4) is 11.5 Å². The van der Waals surface area contributed by atoms with Crippen LogP contribution in [0, 0.1) is 0 Å². The first-order chi connectivity index (χ1) is 50.2. The summed E-state index contributed by atoms with van der Waals surface area (Å²) < 4.78 is 0. The number of aliphatic hydroxyl groups excluding tert-OH is 1. The van der Waals surface area contributed by atoms with Gasteiger partial charge in [-0.3, -0.25) is 62.7 Å². The van der Waals surface area contributed by atoms with Gasteiger partial charge in [0.2, 0.25) is 65.0 Å². The largest absolute Gasteiger partial charge is 0.508 e. The van der Waals surface area contributed by atoms with E-state index in [0.29, 0.717) is 34.2 Å². The number of aliphatic imine (C=N–C) groups is 2. The van der Waals surface area contributed by atoms with Crippen molar-refractivity contribution in [3.63, 3.8) is 0 Å². The molecule has 22 N–H and O–H groups in total. The summed E-state index contributed by atoms with van der Waals surface area (Å²) in [7, 11) is 0. The lowest BCUT2D eigenvalue weighted by Gasteiger charge is -2.30. The van der Waals surface area contributed by atoms with Crippen molar-refractivity contribution in [2.24, 2.45) is 38.7 Å². The van der Waals surface area contributed by atoms with Crippen LogP contribution in [0.5, 0.6) is 11.5 Å². The Hall–Kier alpha value is -12.2. The van der Waals surface area contributed by atoms with Crippen LogP contribution < -0.4 is 76.5 Å². The molecule has 1 heterocycles. The van der Waals surface area contributed by atoms with Crippen LogP contribution in [0.1, 0.15) is 80.2 Å². The van der Waals surface area contributed by atoms with E-state index >= 15 is 4.79 Å². The first-order valence-electron chi connectivity index (χ1n) is 34.4.